The molecule has 0 atom stereocenters. The van der Waals surface area contributed by atoms with Gasteiger partial charge in [-0.05, 0) is 30.4 Å². The van der Waals surface area contributed by atoms with Crippen LogP contribution in [0.5, 0.6) is 0 Å². The monoisotopic (exact) mass is 369 g/mol. The number of nitrogen functional groups attached to an aromatic ring is 2. The molecule has 0 spiro atoms. The van der Waals surface area contributed by atoms with Gasteiger partial charge in [0, 0.05) is 10.6 Å². The first-order chi connectivity index (χ1) is 11.2. The van der Waals surface area contributed by atoms with E-state index in [1.807, 2.05) is 0 Å². The van der Waals surface area contributed by atoms with Gasteiger partial charge in [-0.3, -0.25) is 0 Å². The molecule has 0 aliphatic rings. The van der Waals surface area contributed by atoms with Gasteiger partial charge in [0.2, 0.25) is 11.9 Å². The molecule has 2 aromatic rings. The number of hydrogen-bond acceptors (Lipinski definition) is 9. The summed E-state index contributed by atoms with van der Waals surface area (Å²) in [5.74, 6) is -2.71. The first-order valence-corrected chi connectivity index (χ1v) is 6.77. The molecule has 0 aliphatic carbocycles. The Labute approximate surface area is 145 Å². The maximum atomic E-state index is 9.41. The van der Waals surface area contributed by atoms with Crippen LogP contribution in [0.2, 0.25) is 10.0 Å². The first kappa shape index (κ1) is 19.1. The summed E-state index contributed by atoms with van der Waals surface area (Å²) in [5.41, 5.74) is 11.5. The number of aromatic nitrogens is 3. The van der Waals surface area contributed by atoms with Gasteiger partial charge in [-0.15, -0.1) is 0 Å². The summed E-state index contributed by atoms with van der Waals surface area (Å²) in [6.45, 7) is 0. The lowest BCUT2D eigenvalue weighted by Gasteiger charge is -2.04. The van der Waals surface area contributed by atoms with E-state index in [0.717, 1.165) is 0 Å². The van der Waals surface area contributed by atoms with Crippen LogP contribution in [0.25, 0.3) is 11.4 Å². The summed E-state index contributed by atoms with van der Waals surface area (Å²) in [7, 11) is 0. The van der Waals surface area contributed by atoms with E-state index < -0.39 is 11.9 Å². The lowest BCUT2D eigenvalue weighted by Crippen LogP contribution is -2.23. The Bertz CT molecular complexity index is 762. The molecular formula is C13H9Cl2N5O4-2. The van der Waals surface area contributed by atoms with Crippen molar-refractivity contribution < 1.29 is 19.8 Å². The van der Waals surface area contributed by atoms with Crippen molar-refractivity contribution in [3.8, 4) is 11.4 Å². The van der Waals surface area contributed by atoms with Crippen LogP contribution >= 0.6 is 23.2 Å². The largest absolute Gasteiger partial charge is 0.545 e. The molecular weight excluding hydrogens is 361 g/mol. The average Bonchev–Trinajstić information content (AvgIpc) is 2.47. The van der Waals surface area contributed by atoms with Gasteiger partial charge in [-0.25, -0.2) is 0 Å². The number of rotatable bonds is 3. The van der Waals surface area contributed by atoms with Crippen LogP contribution in [-0.2, 0) is 9.59 Å². The number of carbonyl (C=O) groups is 2. The summed E-state index contributed by atoms with van der Waals surface area (Å²) < 4.78 is 0. The smallest absolute Gasteiger partial charge is 0.225 e. The number of aliphatic carboxylic acids is 2. The molecule has 24 heavy (non-hydrogen) atoms. The van der Waals surface area contributed by atoms with Crippen LogP contribution in [0.4, 0.5) is 11.9 Å². The van der Waals surface area contributed by atoms with Crippen LogP contribution in [0, 0.1) is 0 Å². The number of nitrogens with two attached hydrogens (primary N) is 2. The number of nitrogens with zero attached hydrogens (tertiary/aromatic N) is 3. The number of carboxylic acid groups (broad SMARTS) is 2. The third kappa shape index (κ3) is 6.46. The van der Waals surface area contributed by atoms with Crippen LogP contribution < -0.4 is 21.7 Å². The van der Waals surface area contributed by atoms with E-state index in [0.29, 0.717) is 33.6 Å². The number of halogens is 2. The number of benzene rings is 1. The molecule has 4 N–H and O–H groups in total. The fraction of sp³-hybridized carbons (Fsp3) is 0. The fourth-order valence-electron chi connectivity index (χ4n) is 1.33. The van der Waals surface area contributed by atoms with E-state index in [9.17, 15) is 19.8 Å². The second-order valence-corrected chi connectivity index (χ2v) is 4.81. The van der Waals surface area contributed by atoms with Crippen LogP contribution in [0.3, 0.4) is 0 Å². The summed E-state index contributed by atoms with van der Waals surface area (Å²) in [5, 5.41) is 19.8. The summed E-state index contributed by atoms with van der Waals surface area (Å²) in [4.78, 5) is 30.4. The van der Waals surface area contributed by atoms with Gasteiger partial charge in [-0.1, -0.05) is 23.2 Å². The van der Waals surface area contributed by atoms with E-state index in [4.69, 9.17) is 34.7 Å². The second-order valence-electron chi connectivity index (χ2n) is 3.97. The van der Waals surface area contributed by atoms with Crippen molar-refractivity contribution in [1.82, 2.24) is 15.0 Å². The van der Waals surface area contributed by atoms with Gasteiger partial charge in [0.1, 0.15) is 0 Å². The van der Waals surface area contributed by atoms with Crippen LogP contribution in [-0.4, -0.2) is 26.9 Å². The molecule has 11 heteroatoms. The van der Waals surface area contributed by atoms with Gasteiger partial charge in [0.05, 0.1) is 17.0 Å². The van der Waals surface area contributed by atoms with E-state index in [2.05, 4.69) is 15.0 Å². The molecule has 0 radical (unpaired) electrons. The topological polar surface area (TPSA) is 171 Å². The lowest BCUT2D eigenvalue weighted by molar-refractivity contribution is -0.301. The molecule has 1 aromatic heterocycles. The van der Waals surface area contributed by atoms with E-state index in [1.54, 1.807) is 18.2 Å². The Balaban J connectivity index is 0.000000307. The van der Waals surface area contributed by atoms with Gasteiger partial charge in [0.25, 0.3) is 0 Å². The van der Waals surface area contributed by atoms with Crippen molar-refractivity contribution in [2.75, 3.05) is 11.5 Å². The Kier molecular flexibility index (Phi) is 6.90. The maximum absolute atomic E-state index is 9.41. The number of anilines is 2. The minimum absolute atomic E-state index is 0.0403. The fourth-order valence-corrected chi connectivity index (χ4v) is 1.71. The first-order valence-electron chi connectivity index (χ1n) is 6.01. The van der Waals surface area contributed by atoms with E-state index in [-0.39, 0.29) is 11.9 Å². The quantitative estimate of drug-likeness (QED) is 0.646. The summed E-state index contributed by atoms with van der Waals surface area (Å²) in [6.07, 6.45) is 0.769. The number of carbonyl (C=O) groups excluding carboxylic acids is 2. The lowest BCUT2D eigenvalue weighted by atomic mass is 10.2. The second kappa shape index (κ2) is 8.65. The predicted molar refractivity (Wildman–Crippen MR) is 83.3 cm³/mol. The number of hydrogen-bond donors (Lipinski definition) is 2. The molecule has 2 rings (SSSR count). The van der Waals surface area contributed by atoms with E-state index >= 15 is 0 Å². The Hall–Kier alpha value is -2.91. The highest BCUT2D eigenvalue weighted by Gasteiger charge is 2.09. The molecule has 9 nitrogen and oxygen atoms in total. The molecule has 0 aliphatic heterocycles. The molecule has 1 aromatic carbocycles. The molecule has 0 amide bonds. The maximum Gasteiger partial charge on any atom is 0.225 e. The molecule has 126 valence electrons. The zero-order chi connectivity index (χ0) is 18.3. The Morgan fingerprint density at radius 3 is 1.92 bits per heavy atom. The minimum atomic E-state index is -1.55. The van der Waals surface area contributed by atoms with Crippen molar-refractivity contribution in [2.45, 2.75) is 0 Å². The molecule has 0 fully saturated rings. The standard InChI is InChI=1S/C9H7Cl2N5.C4H4O4/c10-4-1-2-6(11)5(3-4)7-14-8(12)16-9(13)15-7;5-3(6)1-2-4(7)8/h1-3H,(H4,12,13,14,15,16);1-2H,(H,5,6)(H,7,8)/p-2. The van der Waals surface area contributed by atoms with Crippen molar-refractivity contribution in [1.29, 1.82) is 0 Å². The Morgan fingerprint density at radius 1 is 0.958 bits per heavy atom. The normalized spacial score (nSPS) is 10.1. The third-order valence-electron chi connectivity index (χ3n) is 2.19. The summed E-state index contributed by atoms with van der Waals surface area (Å²) in [6, 6.07) is 4.95. The third-order valence-corrected chi connectivity index (χ3v) is 2.76. The van der Waals surface area contributed by atoms with Crippen molar-refractivity contribution in [3.05, 3.63) is 40.4 Å². The van der Waals surface area contributed by atoms with Crippen molar-refractivity contribution in [2.24, 2.45) is 0 Å². The van der Waals surface area contributed by atoms with Crippen molar-refractivity contribution >= 4 is 47.0 Å². The van der Waals surface area contributed by atoms with Gasteiger partial charge in [0.15, 0.2) is 5.82 Å². The zero-order valence-corrected chi connectivity index (χ0v) is 13.3. The average molecular weight is 370 g/mol. The molecule has 1 heterocycles. The van der Waals surface area contributed by atoms with Crippen LogP contribution in [0.15, 0.2) is 30.4 Å². The molecule has 0 bridgehead atoms. The SMILES string of the molecule is Nc1nc(N)nc(-c2cc(Cl)ccc2Cl)n1.O=C([O-])C=CC(=O)[O-]. The van der Waals surface area contributed by atoms with Crippen LogP contribution in [0.1, 0.15) is 0 Å². The highest BCUT2D eigenvalue weighted by molar-refractivity contribution is 6.35. The Morgan fingerprint density at radius 2 is 1.46 bits per heavy atom. The molecule has 0 unspecified atom stereocenters. The van der Waals surface area contributed by atoms with Gasteiger partial charge in [-0.2, -0.15) is 15.0 Å². The highest BCUT2D eigenvalue weighted by Crippen LogP contribution is 2.28. The molecule has 0 saturated carbocycles. The van der Waals surface area contributed by atoms with E-state index in [1.165, 1.54) is 0 Å². The summed E-state index contributed by atoms with van der Waals surface area (Å²) >= 11 is 11.8. The van der Waals surface area contributed by atoms with Gasteiger partial charge >= 0.3 is 0 Å². The predicted octanol–water partition coefficient (Wildman–Crippen LogP) is -0.948. The highest BCUT2D eigenvalue weighted by atomic mass is 35.5. The zero-order valence-electron chi connectivity index (χ0n) is 11.8. The van der Waals surface area contributed by atoms with Gasteiger partial charge < -0.3 is 31.3 Å². The molecule has 0 saturated heterocycles. The minimum Gasteiger partial charge on any atom is -0.545 e. The number of carboxylic acids is 2. The van der Waals surface area contributed by atoms with Crippen molar-refractivity contribution in [3.63, 3.8) is 0 Å².